The molecule has 1 N–H and O–H groups in total. The van der Waals surface area contributed by atoms with Crippen LogP contribution in [0.15, 0.2) is 48.9 Å². The monoisotopic (exact) mass is 390 g/mol. The highest BCUT2D eigenvalue weighted by Gasteiger charge is 2.20. The summed E-state index contributed by atoms with van der Waals surface area (Å²) in [6.07, 6.45) is 5.01. The second-order valence-electron chi connectivity index (χ2n) is 7.01. The largest absolute Gasteiger partial charge is 0.478 e. The second kappa shape index (κ2) is 8.32. The predicted octanol–water partition coefficient (Wildman–Crippen LogP) is 2.26. The van der Waals surface area contributed by atoms with Crippen molar-refractivity contribution in [2.45, 2.75) is 13.5 Å². The van der Waals surface area contributed by atoms with Crippen LogP contribution < -0.4 is 4.90 Å². The molecule has 148 valence electrons. The van der Waals surface area contributed by atoms with E-state index in [1.54, 1.807) is 12.3 Å². The molecule has 4 heterocycles. The molecule has 0 bridgehead atoms. The highest BCUT2D eigenvalue weighted by molar-refractivity contribution is 5.88. The maximum absolute atomic E-state index is 11.2. The quantitative estimate of drug-likeness (QED) is 0.709. The highest BCUT2D eigenvalue weighted by Crippen LogP contribution is 2.19. The van der Waals surface area contributed by atoms with Crippen molar-refractivity contribution in [1.82, 2.24) is 24.8 Å². The minimum atomic E-state index is -0.984. The van der Waals surface area contributed by atoms with E-state index in [-0.39, 0.29) is 5.56 Å². The molecule has 0 unspecified atom stereocenters. The van der Waals surface area contributed by atoms with Gasteiger partial charge < -0.3 is 10.0 Å². The summed E-state index contributed by atoms with van der Waals surface area (Å²) in [5.41, 5.74) is 3.65. The first-order valence-corrected chi connectivity index (χ1v) is 9.51. The molecule has 0 spiro atoms. The molecule has 8 heteroatoms. The van der Waals surface area contributed by atoms with Gasteiger partial charge in [-0.3, -0.25) is 14.9 Å². The van der Waals surface area contributed by atoms with Crippen molar-refractivity contribution in [2.24, 2.45) is 0 Å². The number of aromatic nitrogens is 4. The molecule has 0 amide bonds. The van der Waals surface area contributed by atoms with Gasteiger partial charge in [0.15, 0.2) is 0 Å². The van der Waals surface area contributed by atoms with Gasteiger partial charge in [0, 0.05) is 51.3 Å². The van der Waals surface area contributed by atoms with Crippen molar-refractivity contribution in [1.29, 1.82) is 0 Å². The summed E-state index contributed by atoms with van der Waals surface area (Å²) in [7, 11) is 0. The van der Waals surface area contributed by atoms with Crippen molar-refractivity contribution < 1.29 is 9.90 Å². The summed E-state index contributed by atoms with van der Waals surface area (Å²) in [6.45, 7) is 6.36. The first-order chi connectivity index (χ1) is 14.1. The Morgan fingerprint density at radius 3 is 2.55 bits per heavy atom. The van der Waals surface area contributed by atoms with E-state index in [2.05, 4.69) is 42.7 Å². The van der Waals surface area contributed by atoms with Crippen molar-refractivity contribution in [3.63, 3.8) is 0 Å². The Hall–Kier alpha value is -3.39. The Labute approximate surface area is 168 Å². The fourth-order valence-electron chi connectivity index (χ4n) is 3.35. The van der Waals surface area contributed by atoms with Crippen LogP contribution in [0.4, 0.5) is 5.95 Å². The Bertz CT molecular complexity index is 1020. The predicted molar refractivity (Wildman–Crippen MR) is 109 cm³/mol. The summed E-state index contributed by atoms with van der Waals surface area (Å²) in [5.74, 6) is -0.346. The van der Waals surface area contributed by atoms with Gasteiger partial charge >= 0.3 is 5.97 Å². The van der Waals surface area contributed by atoms with Crippen LogP contribution >= 0.6 is 0 Å². The number of carboxylic acid groups (broad SMARTS) is 1. The number of rotatable bonds is 5. The molecule has 4 rings (SSSR count). The van der Waals surface area contributed by atoms with Crippen LogP contribution in [0.3, 0.4) is 0 Å². The van der Waals surface area contributed by atoms with Gasteiger partial charge in [0.05, 0.1) is 22.6 Å². The summed E-state index contributed by atoms with van der Waals surface area (Å²) < 4.78 is 0. The number of pyridine rings is 2. The molecule has 0 saturated carbocycles. The van der Waals surface area contributed by atoms with Gasteiger partial charge in [-0.2, -0.15) is 0 Å². The van der Waals surface area contributed by atoms with Crippen molar-refractivity contribution in [3.8, 4) is 11.4 Å². The van der Waals surface area contributed by atoms with Gasteiger partial charge in [-0.25, -0.2) is 14.8 Å². The van der Waals surface area contributed by atoms with Gasteiger partial charge in [-0.05, 0) is 36.8 Å². The average Bonchev–Trinajstić information content (AvgIpc) is 2.76. The van der Waals surface area contributed by atoms with Crippen LogP contribution in [-0.4, -0.2) is 62.1 Å². The lowest BCUT2D eigenvalue weighted by atomic mass is 10.2. The third kappa shape index (κ3) is 4.38. The molecule has 1 aliphatic heterocycles. The number of hydrogen-bond acceptors (Lipinski definition) is 7. The van der Waals surface area contributed by atoms with Crippen molar-refractivity contribution >= 4 is 11.9 Å². The third-order valence-electron chi connectivity index (χ3n) is 5.06. The van der Waals surface area contributed by atoms with Crippen LogP contribution in [0.25, 0.3) is 11.4 Å². The van der Waals surface area contributed by atoms with Crippen molar-refractivity contribution in [2.75, 3.05) is 31.1 Å². The van der Waals surface area contributed by atoms with Gasteiger partial charge in [0.25, 0.3) is 0 Å². The van der Waals surface area contributed by atoms with Crippen LogP contribution in [0.5, 0.6) is 0 Å². The van der Waals surface area contributed by atoms with E-state index >= 15 is 0 Å². The standard InChI is InChI=1S/C21H22N6O2/c1-15-3-2-6-22-19(15)14-26-9-11-27(12-10-26)21-24-8-5-17(25-21)18-13-16(20(28)29)4-7-23-18/h2-8,13H,9-12,14H2,1H3,(H,28,29). The van der Waals surface area contributed by atoms with E-state index in [0.717, 1.165) is 38.4 Å². The summed E-state index contributed by atoms with van der Waals surface area (Å²) in [5, 5.41) is 9.18. The molecule has 0 radical (unpaired) electrons. The van der Waals surface area contributed by atoms with Gasteiger partial charge in [0.2, 0.25) is 5.95 Å². The van der Waals surface area contributed by atoms with Gasteiger partial charge in [-0.1, -0.05) is 6.07 Å². The molecule has 1 aliphatic rings. The van der Waals surface area contributed by atoms with Crippen LogP contribution in [0, 0.1) is 6.92 Å². The van der Waals surface area contributed by atoms with Gasteiger partial charge in [0.1, 0.15) is 0 Å². The zero-order valence-corrected chi connectivity index (χ0v) is 16.2. The minimum absolute atomic E-state index is 0.189. The molecule has 29 heavy (non-hydrogen) atoms. The summed E-state index contributed by atoms with van der Waals surface area (Å²) >= 11 is 0. The fraction of sp³-hybridized carbons (Fsp3) is 0.286. The lowest BCUT2D eigenvalue weighted by molar-refractivity contribution is 0.0697. The number of hydrogen-bond donors (Lipinski definition) is 1. The number of anilines is 1. The zero-order valence-electron chi connectivity index (χ0n) is 16.2. The number of aromatic carboxylic acids is 1. The lowest BCUT2D eigenvalue weighted by Crippen LogP contribution is -2.46. The highest BCUT2D eigenvalue weighted by atomic mass is 16.4. The average molecular weight is 390 g/mol. The smallest absolute Gasteiger partial charge is 0.335 e. The molecule has 3 aromatic heterocycles. The number of carbonyl (C=O) groups is 1. The van der Waals surface area contributed by atoms with Crippen LogP contribution in [0.1, 0.15) is 21.6 Å². The number of nitrogens with zero attached hydrogens (tertiary/aromatic N) is 6. The summed E-state index contributed by atoms with van der Waals surface area (Å²) in [4.78, 5) is 33.5. The molecular formula is C21H22N6O2. The molecule has 8 nitrogen and oxygen atoms in total. The Morgan fingerprint density at radius 2 is 1.79 bits per heavy atom. The third-order valence-corrected chi connectivity index (χ3v) is 5.06. The molecule has 0 aliphatic carbocycles. The number of carboxylic acids is 1. The zero-order chi connectivity index (χ0) is 20.2. The van der Waals surface area contributed by atoms with Crippen LogP contribution in [-0.2, 0) is 6.54 Å². The SMILES string of the molecule is Cc1cccnc1CN1CCN(c2nccc(-c3cc(C(=O)O)ccn3)n2)CC1. The van der Waals surface area contributed by atoms with E-state index in [1.165, 1.54) is 23.9 Å². The van der Waals surface area contributed by atoms with Gasteiger partial charge in [-0.15, -0.1) is 0 Å². The maximum atomic E-state index is 11.2. The first kappa shape index (κ1) is 18.9. The minimum Gasteiger partial charge on any atom is -0.478 e. The maximum Gasteiger partial charge on any atom is 0.335 e. The normalized spacial score (nSPS) is 14.7. The van der Waals surface area contributed by atoms with E-state index in [4.69, 9.17) is 0 Å². The Balaban J connectivity index is 1.44. The fourth-order valence-corrected chi connectivity index (χ4v) is 3.35. The molecule has 0 atom stereocenters. The molecule has 1 saturated heterocycles. The molecular weight excluding hydrogens is 368 g/mol. The first-order valence-electron chi connectivity index (χ1n) is 9.51. The van der Waals surface area contributed by atoms with E-state index in [1.807, 2.05) is 12.3 Å². The summed E-state index contributed by atoms with van der Waals surface area (Å²) in [6, 6.07) is 8.79. The van der Waals surface area contributed by atoms with Crippen LogP contribution in [0.2, 0.25) is 0 Å². The van der Waals surface area contributed by atoms with E-state index < -0.39 is 5.97 Å². The van der Waals surface area contributed by atoms with E-state index in [9.17, 15) is 9.90 Å². The van der Waals surface area contributed by atoms with Crippen molar-refractivity contribution in [3.05, 3.63) is 65.7 Å². The Kier molecular flexibility index (Phi) is 5.44. The number of aryl methyl sites for hydroxylation is 1. The molecule has 3 aromatic rings. The number of piperazine rings is 1. The second-order valence-corrected chi connectivity index (χ2v) is 7.01. The Morgan fingerprint density at radius 1 is 1.00 bits per heavy atom. The molecule has 1 fully saturated rings. The lowest BCUT2D eigenvalue weighted by Gasteiger charge is -2.34. The van der Waals surface area contributed by atoms with E-state index in [0.29, 0.717) is 17.3 Å². The topological polar surface area (TPSA) is 95.3 Å². The molecule has 0 aromatic carbocycles.